The fourth-order valence-corrected chi connectivity index (χ4v) is 4.93. The number of nitrogens with zero attached hydrogens (tertiary/aromatic N) is 3. The lowest BCUT2D eigenvalue weighted by atomic mass is 9.80. The van der Waals surface area contributed by atoms with Crippen LogP contribution in [-0.2, 0) is 4.79 Å². The van der Waals surface area contributed by atoms with E-state index in [0.29, 0.717) is 17.4 Å². The molecule has 0 saturated carbocycles. The second-order valence-corrected chi connectivity index (χ2v) is 7.90. The number of carbonyl (C=O) groups is 1. The second kappa shape index (κ2) is 6.07. The van der Waals surface area contributed by atoms with Crippen LogP contribution in [0.2, 0.25) is 5.02 Å². The molecule has 2 atom stereocenters. The second-order valence-electron chi connectivity index (χ2n) is 6.51. The van der Waals surface area contributed by atoms with E-state index in [1.54, 1.807) is 16.0 Å². The molecule has 3 aromatic rings. The number of rotatable bonds is 2. The Hall–Kier alpha value is -2.44. The number of fused-ring (bicyclic) bond motifs is 1. The molecule has 26 heavy (non-hydrogen) atoms. The van der Waals surface area contributed by atoms with Gasteiger partial charge in [-0.25, -0.2) is 4.68 Å². The van der Waals surface area contributed by atoms with Crippen molar-refractivity contribution in [3.63, 3.8) is 0 Å². The molecular weight excluding hydrogens is 368 g/mol. The van der Waals surface area contributed by atoms with Gasteiger partial charge in [-0.2, -0.15) is 10.1 Å². The first-order chi connectivity index (χ1) is 12.7. The number of thiophene rings is 1. The van der Waals surface area contributed by atoms with Crippen LogP contribution in [0.5, 0.6) is 0 Å². The molecule has 7 heteroatoms. The van der Waals surface area contributed by atoms with Gasteiger partial charge >= 0.3 is 0 Å². The maximum atomic E-state index is 13.2. The number of hydrogen-bond donors (Lipinski definition) is 1. The number of ketones is 1. The van der Waals surface area contributed by atoms with Crippen LogP contribution in [0.4, 0.5) is 5.95 Å². The van der Waals surface area contributed by atoms with Crippen molar-refractivity contribution < 1.29 is 4.79 Å². The third-order valence-corrected chi connectivity index (χ3v) is 6.39. The zero-order valence-corrected chi connectivity index (χ0v) is 15.3. The lowest BCUT2D eigenvalue weighted by molar-refractivity contribution is -0.116. The average Bonchev–Trinajstić information content (AvgIpc) is 3.32. The molecule has 1 aromatic carbocycles. The summed E-state index contributed by atoms with van der Waals surface area (Å²) in [5.74, 6) is 0.992. The summed E-state index contributed by atoms with van der Waals surface area (Å²) in [7, 11) is 0. The predicted molar refractivity (Wildman–Crippen MR) is 102 cm³/mol. The van der Waals surface area contributed by atoms with E-state index in [-0.39, 0.29) is 17.7 Å². The first kappa shape index (κ1) is 15.8. The van der Waals surface area contributed by atoms with Crippen molar-refractivity contribution in [2.45, 2.75) is 24.8 Å². The molecule has 1 N–H and O–H groups in total. The van der Waals surface area contributed by atoms with Gasteiger partial charge < -0.3 is 5.32 Å². The van der Waals surface area contributed by atoms with Crippen LogP contribution in [0.3, 0.4) is 0 Å². The van der Waals surface area contributed by atoms with E-state index in [4.69, 9.17) is 11.6 Å². The number of Topliss-reactive ketones (excluding diaryl/α,β-unsaturated/α-hetero) is 1. The Balaban J connectivity index is 1.65. The number of halogens is 1. The summed E-state index contributed by atoms with van der Waals surface area (Å²) >= 11 is 8.17. The Morgan fingerprint density at radius 2 is 2.08 bits per heavy atom. The van der Waals surface area contributed by atoms with Gasteiger partial charge in [0.05, 0.1) is 0 Å². The van der Waals surface area contributed by atoms with E-state index in [2.05, 4.69) is 26.8 Å². The maximum Gasteiger partial charge on any atom is 0.226 e. The van der Waals surface area contributed by atoms with Gasteiger partial charge in [-0.3, -0.25) is 4.79 Å². The van der Waals surface area contributed by atoms with E-state index in [1.165, 1.54) is 11.2 Å². The van der Waals surface area contributed by atoms with Crippen LogP contribution in [0, 0.1) is 0 Å². The van der Waals surface area contributed by atoms with Gasteiger partial charge in [-0.15, -0.1) is 11.3 Å². The molecule has 0 amide bonds. The highest BCUT2D eigenvalue weighted by molar-refractivity contribution is 7.10. The molecule has 130 valence electrons. The van der Waals surface area contributed by atoms with E-state index in [9.17, 15) is 4.79 Å². The van der Waals surface area contributed by atoms with E-state index in [0.717, 1.165) is 23.3 Å². The molecule has 0 saturated heterocycles. The fourth-order valence-electron chi connectivity index (χ4n) is 3.86. The summed E-state index contributed by atoms with van der Waals surface area (Å²) in [5.41, 5.74) is 2.56. The molecular formula is C19H15ClN4OS. The Morgan fingerprint density at radius 3 is 2.88 bits per heavy atom. The molecule has 1 aliphatic heterocycles. The molecule has 0 fully saturated rings. The number of allylic oxidation sites excluding steroid dienone is 2. The van der Waals surface area contributed by atoms with Crippen molar-refractivity contribution in [2.24, 2.45) is 0 Å². The van der Waals surface area contributed by atoms with Crippen LogP contribution in [0.1, 0.15) is 35.2 Å². The fraction of sp³-hybridized carbons (Fsp3) is 0.211. The quantitative estimate of drug-likeness (QED) is 0.713. The summed E-state index contributed by atoms with van der Waals surface area (Å²) in [6.07, 6.45) is 2.80. The van der Waals surface area contributed by atoms with Crippen molar-refractivity contribution >= 4 is 34.7 Å². The molecule has 0 spiro atoms. The summed E-state index contributed by atoms with van der Waals surface area (Å²) < 4.78 is 1.75. The molecule has 1 aliphatic carbocycles. The van der Waals surface area contributed by atoms with Crippen molar-refractivity contribution in [3.8, 4) is 0 Å². The van der Waals surface area contributed by atoms with Gasteiger partial charge in [-0.1, -0.05) is 35.9 Å². The van der Waals surface area contributed by atoms with Gasteiger partial charge in [0, 0.05) is 39.1 Å². The van der Waals surface area contributed by atoms with Gasteiger partial charge in [0.15, 0.2) is 5.78 Å². The van der Waals surface area contributed by atoms with Crippen LogP contribution in [0.15, 0.2) is 59.4 Å². The monoisotopic (exact) mass is 382 g/mol. The molecule has 2 aromatic heterocycles. The highest BCUT2D eigenvalue weighted by Gasteiger charge is 2.40. The van der Waals surface area contributed by atoms with Crippen LogP contribution in [0.25, 0.3) is 0 Å². The van der Waals surface area contributed by atoms with Crippen molar-refractivity contribution in [3.05, 3.63) is 74.8 Å². The minimum absolute atomic E-state index is 0.142. The lowest BCUT2D eigenvalue weighted by Gasteiger charge is -2.35. The molecule has 0 bridgehead atoms. The van der Waals surface area contributed by atoms with E-state index < -0.39 is 0 Å². The summed E-state index contributed by atoms with van der Waals surface area (Å²) in [6.45, 7) is 0. The Morgan fingerprint density at radius 1 is 1.19 bits per heavy atom. The predicted octanol–water partition coefficient (Wildman–Crippen LogP) is 4.41. The van der Waals surface area contributed by atoms with Gasteiger partial charge in [-0.05, 0) is 23.9 Å². The standard InChI is InChI=1S/C19H15ClN4OS/c20-13-5-2-1-4-12(13)18-17-14(23-19-21-10-22-24(18)19)8-11(9-15(17)25)16-6-3-7-26-16/h1-7,10-11,18H,8-9H2,(H,21,22,23)/t11-,18-/m1/s1. The average molecular weight is 383 g/mol. The Labute approximate surface area is 159 Å². The van der Waals surface area contributed by atoms with Gasteiger partial charge in [0.1, 0.15) is 12.4 Å². The minimum atomic E-state index is -0.339. The number of carbonyl (C=O) groups excluding carboxylic acids is 1. The lowest BCUT2D eigenvalue weighted by Crippen LogP contribution is -2.33. The minimum Gasteiger partial charge on any atom is -0.328 e. The molecule has 0 unspecified atom stereocenters. The van der Waals surface area contributed by atoms with E-state index in [1.807, 2.05) is 30.3 Å². The van der Waals surface area contributed by atoms with Crippen LogP contribution >= 0.6 is 22.9 Å². The van der Waals surface area contributed by atoms with Crippen molar-refractivity contribution in [2.75, 3.05) is 5.32 Å². The zero-order valence-electron chi connectivity index (χ0n) is 13.7. The maximum absolute atomic E-state index is 13.2. The Kier molecular flexibility index (Phi) is 3.69. The first-order valence-electron chi connectivity index (χ1n) is 8.43. The molecule has 0 radical (unpaired) electrons. The van der Waals surface area contributed by atoms with Gasteiger partial charge in [0.25, 0.3) is 0 Å². The molecule has 5 rings (SSSR count). The normalized spacial score (nSPS) is 22.0. The third-order valence-electron chi connectivity index (χ3n) is 5.01. The SMILES string of the molecule is O=C1C[C@H](c2cccs2)CC2=C1[C@@H](c1ccccc1Cl)n1ncnc1N2. The van der Waals surface area contributed by atoms with Crippen LogP contribution < -0.4 is 5.32 Å². The number of anilines is 1. The molecule has 3 heterocycles. The van der Waals surface area contributed by atoms with Crippen molar-refractivity contribution in [1.29, 1.82) is 0 Å². The van der Waals surface area contributed by atoms with E-state index >= 15 is 0 Å². The number of nitrogens with one attached hydrogen (secondary N) is 1. The topological polar surface area (TPSA) is 59.8 Å². The Bertz CT molecular complexity index is 1020. The van der Waals surface area contributed by atoms with Crippen LogP contribution in [-0.4, -0.2) is 20.5 Å². The smallest absolute Gasteiger partial charge is 0.226 e. The van der Waals surface area contributed by atoms with Gasteiger partial charge in [0.2, 0.25) is 5.95 Å². The number of benzene rings is 1. The molecule has 5 nitrogen and oxygen atoms in total. The summed E-state index contributed by atoms with van der Waals surface area (Å²) in [4.78, 5) is 18.7. The zero-order chi connectivity index (χ0) is 17.7. The summed E-state index contributed by atoms with van der Waals surface area (Å²) in [5, 5.41) is 10.4. The van der Waals surface area contributed by atoms with Crippen molar-refractivity contribution in [1.82, 2.24) is 14.8 Å². The number of aromatic nitrogens is 3. The largest absolute Gasteiger partial charge is 0.328 e. The highest BCUT2D eigenvalue weighted by Crippen LogP contribution is 2.45. The summed E-state index contributed by atoms with van der Waals surface area (Å²) in [6, 6.07) is 11.4. The highest BCUT2D eigenvalue weighted by atomic mass is 35.5. The first-order valence-corrected chi connectivity index (χ1v) is 9.68. The molecule has 2 aliphatic rings. The third kappa shape index (κ3) is 2.40. The number of hydrogen-bond acceptors (Lipinski definition) is 5.